The highest BCUT2D eigenvalue weighted by Gasteiger charge is 2.32. The van der Waals surface area contributed by atoms with Gasteiger partial charge in [0.05, 0.1) is 19.7 Å². The molecule has 2 aromatic rings. The molecule has 0 N–H and O–H groups in total. The Bertz CT molecular complexity index is 775. The Morgan fingerprint density at radius 1 is 1.03 bits per heavy atom. The quantitative estimate of drug-likeness (QED) is 0.662. The van der Waals surface area contributed by atoms with Crippen LogP contribution in [-0.2, 0) is 6.54 Å². The van der Waals surface area contributed by atoms with Gasteiger partial charge in [-0.3, -0.25) is 9.80 Å². The maximum absolute atomic E-state index is 5.28. The first kappa shape index (κ1) is 21.2. The van der Waals surface area contributed by atoms with Crippen LogP contribution in [0.25, 0.3) is 0 Å². The molecule has 7 heteroatoms. The average molecular weight is 413 g/mol. The van der Waals surface area contributed by atoms with Crippen LogP contribution in [0.2, 0.25) is 0 Å². The average Bonchev–Trinajstić information content (AvgIpc) is 3.45. The summed E-state index contributed by atoms with van der Waals surface area (Å²) in [5.41, 5.74) is 1.18. The zero-order valence-corrected chi connectivity index (χ0v) is 18.7. The smallest absolute Gasteiger partial charge is 0.168 e. The fourth-order valence-corrected chi connectivity index (χ4v) is 5.01. The van der Waals surface area contributed by atoms with Gasteiger partial charge in [0.25, 0.3) is 0 Å². The second-order valence-electron chi connectivity index (χ2n) is 9.20. The van der Waals surface area contributed by atoms with Crippen molar-refractivity contribution >= 4 is 0 Å². The lowest BCUT2D eigenvalue weighted by Crippen LogP contribution is -2.51. The van der Waals surface area contributed by atoms with Gasteiger partial charge in [0.15, 0.2) is 5.82 Å². The Kier molecular flexibility index (Phi) is 7.00. The topological polar surface area (TPSA) is 59.3 Å². The molecule has 2 heterocycles. The van der Waals surface area contributed by atoms with E-state index in [2.05, 4.69) is 51.3 Å². The Balaban J connectivity index is 1.46. The minimum atomic E-state index is 0.268. The van der Waals surface area contributed by atoms with Crippen molar-refractivity contribution in [2.75, 3.05) is 33.3 Å². The van der Waals surface area contributed by atoms with Crippen molar-refractivity contribution in [1.82, 2.24) is 30.0 Å². The number of methoxy groups -OCH3 is 1. The highest BCUT2D eigenvalue weighted by molar-refractivity contribution is 5.27. The van der Waals surface area contributed by atoms with Gasteiger partial charge in [-0.2, -0.15) is 0 Å². The van der Waals surface area contributed by atoms with Gasteiger partial charge in [-0.1, -0.05) is 38.8 Å². The molecule has 2 aliphatic rings. The number of nitrogens with zero attached hydrogens (tertiary/aromatic N) is 6. The van der Waals surface area contributed by atoms with Crippen LogP contribution in [0.3, 0.4) is 0 Å². The molecular formula is C23H36N6O. The lowest BCUT2D eigenvalue weighted by Gasteiger charge is -2.41. The SMILES string of the molecule is COc1ccc(Cn2nnnc2[C@@H](CC(C)C)N2CCN(C3CCCC3)CC2)cc1. The first-order valence-electron chi connectivity index (χ1n) is 11.5. The Morgan fingerprint density at radius 2 is 1.73 bits per heavy atom. The molecule has 30 heavy (non-hydrogen) atoms. The van der Waals surface area contributed by atoms with E-state index >= 15 is 0 Å². The lowest BCUT2D eigenvalue weighted by atomic mass is 10.0. The maximum atomic E-state index is 5.28. The molecule has 164 valence electrons. The normalized spacial score (nSPS) is 20.1. The third-order valence-corrected chi connectivity index (χ3v) is 6.67. The summed E-state index contributed by atoms with van der Waals surface area (Å²) in [6.07, 6.45) is 6.65. The molecule has 1 aromatic carbocycles. The molecule has 2 fully saturated rings. The molecule has 1 aliphatic heterocycles. The number of tetrazole rings is 1. The zero-order chi connectivity index (χ0) is 20.9. The fraction of sp³-hybridized carbons (Fsp3) is 0.696. The first-order chi connectivity index (χ1) is 14.6. The first-order valence-corrected chi connectivity index (χ1v) is 11.5. The summed E-state index contributed by atoms with van der Waals surface area (Å²) in [4.78, 5) is 5.33. The van der Waals surface area contributed by atoms with Crippen LogP contribution in [0, 0.1) is 5.92 Å². The van der Waals surface area contributed by atoms with Gasteiger partial charge in [-0.15, -0.1) is 5.10 Å². The molecule has 0 amide bonds. The largest absolute Gasteiger partial charge is 0.497 e. The van der Waals surface area contributed by atoms with Crippen LogP contribution >= 0.6 is 0 Å². The van der Waals surface area contributed by atoms with Crippen LogP contribution in [-0.4, -0.2) is 69.3 Å². The van der Waals surface area contributed by atoms with Crippen molar-refractivity contribution < 1.29 is 4.74 Å². The predicted molar refractivity (Wildman–Crippen MR) is 118 cm³/mol. The van der Waals surface area contributed by atoms with Crippen molar-refractivity contribution in [3.63, 3.8) is 0 Å². The number of ether oxygens (including phenoxy) is 1. The standard InChI is InChI=1S/C23H36N6O/c1-18(2)16-22(28-14-12-27(13-15-28)20-6-4-5-7-20)23-24-25-26-29(23)17-19-8-10-21(30-3)11-9-19/h8-11,18,20,22H,4-7,12-17H2,1-3H3/t22-/m1/s1. The van der Waals surface area contributed by atoms with Gasteiger partial charge in [0.1, 0.15) is 5.75 Å². The van der Waals surface area contributed by atoms with E-state index in [1.165, 1.54) is 44.3 Å². The summed E-state index contributed by atoms with van der Waals surface area (Å²) in [7, 11) is 1.69. The van der Waals surface area contributed by atoms with Crippen LogP contribution < -0.4 is 4.74 Å². The van der Waals surface area contributed by atoms with E-state index in [-0.39, 0.29) is 6.04 Å². The molecule has 1 atom stereocenters. The Hall–Kier alpha value is -1.99. The van der Waals surface area contributed by atoms with Crippen molar-refractivity contribution in [1.29, 1.82) is 0 Å². The molecule has 0 radical (unpaired) electrons. The lowest BCUT2D eigenvalue weighted by molar-refractivity contribution is 0.0588. The fourth-order valence-electron chi connectivity index (χ4n) is 5.01. The van der Waals surface area contributed by atoms with Gasteiger partial charge >= 0.3 is 0 Å². The summed E-state index contributed by atoms with van der Waals surface area (Å²) in [5, 5.41) is 12.9. The van der Waals surface area contributed by atoms with Crippen molar-refractivity contribution in [3.8, 4) is 5.75 Å². The number of aromatic nitrogens is 4. The third kappa shape index (κ3) is 5.01. The Labute approximate surface area is 180 Å². The third-order valence-electron chi connectivity index (χ3n) is 6.67. The predicted octanol–water partition coefficient (Wildman–Crippen LogP) is 3.38. The molecule has 0 unspecified atom stereocenters. The second-order valence-corrected chi connectivity index (χ2v) is 9.20. The second kappa shape index (κ2) is 9.88. The van der Waals surface area contributed by atoms with Crippen molar-refractivity contribution in [2.45, 2.75) is 64.6 Å². The minimum absolute atomic E-state index is 0.268. The molecule has 4 rings (SSSR count). The van der Waals surface area contributed by atoms with Crippen LogP contribution in [0.1, 0.15) is 63.4 Å². The monoisotopic (exact) mass is 412 g/mol. The van der Waals surface area contributed by atoms with Crippen LogP contribution in [0.15, 0.2) is 24.3 Å². The van der Waals surface area contributed by atoms with E-state index in [4.69, 9.17) is 4.74 Å². The summed E-state index contributed by atoms with van der Waals surface area (Å²) >= 11 is 0. The summed E-state index contributed by atoms with van der Waals surface area (Å²) in [5.74, 6) is 2.45. The minimum Gasteiger partial charge on any atom is -0.497 e. The van der Waals surface area contributed by atoms with Gasteiger partial charge in [0.2, 0.25) is 0 Å². The molecule has 1 aliphatic carbocycles. The van der Waals surface area contributed by atoms with Gasteiger partial charge in [-0.05, 0) is 53.3 Å². The number of piperazine rings is 1. The van der Waals surface area contributed by atoms with Crippen molar-refractivity contribution in [2.24, 2.45) is 5.92 Å². The molecular weight excluding hydrogens is 376 g/mol. The summed E-state index contributed by atoms with van der Waals surface area (Å²) in [6.45, 7) is 9.80. The molecule has 1 aromatic heterocycles. The number of benzene rings is 1. The number of rotatable bonds is 8. The number of hydrogen-bond acceptors (Lipinski definition) is 6. The maximum Gasteiger partial charge on any atom is 0.168 e. The van der Waals surface area contributed by atoms with E-state index in [0.717, 1.165) is 37.1 Å². The van der Waals surface area contributed by atoms with E-state index in [0.29, 0.717) is 12.5 Å². The van der Waals surface area contributed by atoms with Gasteiger partial charge in [0, 0.05) is 32.2 Å². The zero-order valence-electron chi connectivity index (χ0n) is 18.7. The van der Waals surface area contributed by atoms with E-state index < -0.39 is 0 Å². The molecule has 0 spiro atoms. The summed E-state index contributed by atoms with van der Waals surface area (Å²) in [6, 6.07) is 9.24. The Morgan fingerprint density at radius 3 is 2.37 bits per heavy atom. The number of hydrogen-bond donors (Lipinski definition) is 0. The van der Waals surface area contributed by atoms with Crippen LogP contribution in [0.4, 0.5) is 0 Å². The molecule has 0 bridgehead atoms. The molecule has 1 saturated carbocycles. The van der Waals surface area contributed by atoms with Gasteiger partial charge in [-0.25, -0.2) is 4.68 Å². The molecule has 1 saturated heterocycles. The van der Waals surface area contributed by atoms with Gasteiger partial charge < -0.3 is 4.74 Å². The van der Waals surface area contributed by atoms with Crippen molar-refractivity contribution in [3.05, 3.63) is 35.7 Å². The molecule has 7 nitrogen and oxygen atoms in total. The summed E-state index contributed by atoms with van der Waals surface area (Å²) < 4.78 is 7.26. The highest BCUT2D eigenvalue weighted by Crippen LogP contribution is 2.30. The highest BCUT2D eigenvalue weighted by atomic mass is 16.5. The van der Waals surface area contributed by atoms with E-state index in [1.54, 1.807) is 7.11 Å². The van der Waals surface area contributed by atoms with Crippen LogP contribution in [0.5, 0.6) is 5.75 Å². The van der Waals surface area contributed by atoms with E-state index in [1.807, 2.05) is 16.8 Å². The van der Waals surface area contributed by atoms with E-state index in [9.17, 15) is 0 Å².